The molecule has 0 N–H and O–H groups in total. The second-order valence-electron chi connectivity index (χ2n) is 9.30. The Kier molecular flexibility index (Phi) is 22.6. The number of halogens is 2. The summed E-state index contributed by atoms with van der Waals surface area (Å²) in [5.74, 6) is 0. The molecule has 6 nitrogen and oxygen atoms in total. The molecule has 0 aliphatic rings. The normalized spacial score (nSPS) is 10.8. The Morgan fingerprint density at radius 3 is 1.37 bits per heavy atom. The number of hydrogen-bond donors (Lipinski definition) is 0. The van der Waals surface area contributed by atoms with E-state index < -0.39 is 0 Å². The van der Waals surface area contributed by atoms with Gasteiger partial charge in [0.15, 0.2) is 13.5 Å². The molecule has 2 aromatic rings. The van der Waals surface area contributed by atoms with Crippen LogP contribution in [0.25, 0.3) is 0 Å². The third-order valence-corrected chi connectivity index (χ3v) is 6.09. The van der Waals surface area contributed by atoms with E-state index in [9.17, 15) is 0 Å². The Labute approximate surface area is 226 Å². The van der Waals surface area contributed by atoms with Gasteiger partial charge in [-0.2, -0.15) is 0 Å². The van der Waals surface area contributed by atoms with Gasteiger partial charge in [-0.15, -0.1) is 0 Å². The zero-order chi connectivity index (χ0) is 23.4. The minimum atomic E-state index is 0. The first-order valence-corrected chi connectivity index (χ1v) is 13.6. The number of nitrogens with zero attached hydrogens (tertiary/aromatic N) is 4. The Balaban J connectivity index is 0.00000578. The van der Waals surface area contributed by atoms with E-state index in [1.165, 1.54) is 77.0 Å². The van der Waals surface area contributed by atoms with Gasteiger partial charge in [-0.1, -0.05) is 65.2 Å². The van der Waals surface area contributed by atoms with Gasteiger partial charge in [0.25, 0.3) is 0 Å². The Morgan fingerprint density at radius 2 is 0.943 bits per heavy atom. The lowest BCUT2D eigenvalue weighted by Gasteiger charge is -2.03. The van der Waals surface area contributed by atoms with Crippen LogP contribution >= 0.6 is 0 Å². The first-order valence-electron chi connectivity index (χ1n) is 13.6. The van der Waals surface area contributed by atoms with Gasteiger partial charge < -0.3 is 34.3 Å². The summed E-state index contributed by atoms with van der Waals surface area (Å²) in [6.07, 6.45) is 29.7. The molecule has 0 spiro atoms. The fourth-order valence-corrected chi connectivity index (χ4v) is 4.05. The average molecular weight is 534 g/mol. The van der Waals surface area contributed by atoms with Crippen LogP contribution in [-0.2, 0) is 36.0 Å². The topological polar surface area (TPSA) is 36.1 Å². The third-order valence-electron chi connectivity index (χ3n) is 6.09. The average Bonchev–Trinajstić information content (AvgIpc) is 3.47. The lowest BCUT2D eigenvalue weighted by atomic mass is 10.1. The molecule has 0 bridgehead atoms. The summed E-state index contributed by atoms with van der Waals surface area (Å²) in [5.41, 5.74) is 0. The summed E-state index contributed by atoms with van der Waals surface area (Å²) in [7, 11) is 0. The van der Waals surface area contributed by atoms with E-state index in [1.807, 2.05) is 0 Å². The molecule has 0 aromatic carbocycles. The monoisotopic (exact) mass is 532 g/mol. The van der Waals surface area contributed by atoms with E-state index in [2.05, 4.69) is 69.6 Å². The van der Waals surface area contributed by atoms with Crippen LogP contribution in [0.2, 0.25) is 0 Å². The molecule has 0 unspecified atom stereocenters. The number of aryl methyl sites for hydroxylation is 2. The highest BCUT2D eigenvalue weighted by Crippen LogP contribution is 2.07. The summed E-state index contributed by atoms with van der Waals surface area (Å²) in [6, 6.07) is 0. The predicted octanol–water partition coefficient (Wildman–Crippen LogP) is -0.368. The zero-order valence-electron chi connectivity index (χ0n) is 22.3. The number of hydrogen-bond acceptors (Lipinski definition) is 2. The lowest BCUT2D eigenvalue weighted by molar-refractivity contribution is -0.733. The lowest BCUT2D eigenvalue weighted by Crippen LogP contribution is -3.00. The van der Waals surface area contributed by atoms with Crippen molar-refractivity contribution in [1.29, 1.82) is 0 Å². The van der Waals surface area contributed by atoms with Crippen molar-refractivity contribution in [3.8, 4) is 0 Å². The molecular weight excluding hydrogens is 483 g/mol. The standard InChI is InChI=1S/C27H50N4O2.2ClH/c1-3-5-7-9-11-13-16-28-18-20-30(24-28)26-32-22-15-23-33-27-31-21-19-29(25-31)17-14-12-10-8-6-4-2;;/h18-21,24-25H,3-17,22-23,26-27H2,1-2H3;2*1H/q+2;;/p-2. The summed E-state index contributed by atoms with van der Waals surface area (Å²) in [4.78, 5) is 0. The zero-order valence-corrected chi connectivity index (χ0v) is 23.8. The van der Waals surface area contributed by atoms with Crippen LogP contribution in [0.3, 0.4) is 0 Å². The summed E-state index contributed by atoms with van der Waals surface area (Å²) < 4.78 is 20.3. The number of imidazole rings is 2. The van der Waals surface area contributed by atoms with Crippen molar-refractivity contribution in [2.75, 3.05) is 13.2 Å². The van der Waals surface area contributed by atoms with E-state index in [0.29, 0.717) is 13.5 Å². The van der Waals surface area contributed by atoms with E-state index >= 15 is 0 Å². The van der Waals surface area contributed by atoms with Crippen LogP contribution < -0.4 is 33.9 Å². The minimum Gasteiger partial charge on any atom is -1.00 e. The largest absolute Gasteiger partial charge is 1.00 e. The molecule has 35 heavy (non-hydrogen) atoms. The van der Waals surface area contributed by atoms with Crippen molar-refractivity contribution >= 4 is 0 Å². The summed E-state index contributed by atoms with van der Waals surface area (Å²) in [6.45, 7) is 9.40. The molecule has 0 atom stereocenters. The fourth-order valence-electron chi connectivity index (χ4n) is 4.05. The van der Waals surface area contributed by atoms with E-state index in [-0.39, 0.29) is 24.8 Å². The summed E-state index contributed by atoms with van der Waals surface area (Å²) in [5, 5.41) is 0. The van der Waals surface area contributed by atoms with E-state index in [1.54, 1.807) is 0 Å². The van der Waals surface area contributed by atoms with Crippen LogP contribution in [0.4, 0.5) is 0 Å². The van der Waals surface area contributed by atoms with Crippen molar-refractivity contribution in [1.82, 2.24) is 9.13 Å². The van der Waals surface area contributed by atoms with Crippen LogP contribution in [0.5, 0.6) is 0 Å². The van der Waals surface area contributed by atoms with Crippen molar-refractivity contribution in [3.63, 3.8) is 0 Å². The van der Waals surface area contributed by atoms with Gasteiger partial charge in [0.1, 0.15) is 24.8 Å². The molecule has 2 heterocycles. The molecule has 0 amide bonds. The molecule has 8 heteroatoms. The maximum absolute atomic E-state index is 5.80. The van der Waals surface area contributed by atoms with Crippen molar-refractivity contribution < 1.29 is 43.4 Å². The van der Waals surface area contributed by atoms with Gasteiger partial charge in [0.2, 0.25) is 12.7 Å². The molecular formula is C27H50Cl2N4O2. The van der Waals surface area contributed by atoms with Crippen LogP contribution in [0, 0.1) is 0 Å². The molecule has 0 saturated heterocycles. The number of unbranched alkanes of at least 4 members (excludes halogenated alkanes) is 10. The van der Waals surface area contributed by atoms with Gasteiger partial charge in [0, 0.05) is 0 Å². The first kappa shape index (κ1) is 33.9. The third kappa shape index (κ3) is 17.1. The highest BCUT2D eigenvalue weighted by atomic mass is 35.5. The Hall–Kier alpha value is -1.08. The first-order chi connectivity index (χ1) is 16.3. The van der Waals surface area contributed by atoms with Crippen molar-refractivity contribution in [3.05, 3.63) is 37.4 Å². The van der Waals surface area contributed by atoms with Crippen molar-refractivity contribution in [2.45, 2.75) is 124 Å². The highest BCUT2D eigenvalue weighted by Gasteiger charge is 2.05. The predicted molar refractivity (Wildman–Crippen MR) is 133 cm³/mol. The van der Waals surface area contributed by atoms with Crippen LogP contribution in [-0.4, -0.2) is 22.3 Å². The smallest absolute Gasteiger partial charge is 0.245 e. The summed E-state index contributed by atoms with van der Waals surface area (Å²) >= 11 is 0. The molecule has 0 fully saturated rings. The highest BCUT2D eigenvalue weighted by molar-refractivity contribution is 4.66. The number of rotatable bonds is 22. The van der Waals surface area contributed by atoms with Crippen molar-refractivity contribution in [2.24, 2.45) is 0 Å². The number of ether oxygens (including phenoxy) is 2. The number of aromatic nitrogens is 4. The second-order valence-corrected chi connectivity index (χ2v) is 9.30. The second kappa shape index (κ2) is 23.3. The Morgan fingerprint density at radius 1 is 0.543 bits per heavy atom. The molecule has 0 aliphatic carbocycles. The van der Waals surface area contributed by atoms with Gasteiger partial charge in [-0.05, 0) is 32.1 Å². The molecule has 0 aliphatic heterocycles. The quantitative estimate of drug-likeness (QED) is 0.153. The van der Waals surface area contributed by atoms with E-state index in [4.69, 9.17) is 9.47 Å². The van der Waals surface area contributed by atoms with Gasteiger partial charge in [0.05, 0.1) is 26.3 Å². The van der Waals surface area contributed by atoms with Crippen LogP contribution in [0.1, 0.15) is 97.3 Å². The molecule has 0 radical (unpaired) electrons. The minimum absolute atomic E-state index is 0. The van der Waals surface area contributed by atoms with Gasteiger partial charge >= 0.3 is 0 Å². The molecule has 2 rings (SSSR count). The molecule has 204 valence electrons. The molecule has 2 aromatic heterocycles. The SMILES string of the molecule is CCCCCCCCn1cc[n+](COCCCOC[n+]2ccn(CCCCCCCC)c2)c1.[Cl-].[Cl-]. The van der Waals surface area contributed by atoms with Gasteiger partial charge in [-0.3, -0.25) is 0 Å². The fraction of sp³-hybridized carbons (Fsp3) is 0.778. The molecule has 0 saturated carbocycles. The van der Waals surface area contributed by atoms with Gasteiger partial charge in [-0.25, -0.2) is 18.3 Å². The van der Waals surface area contributed by atoms with E-state index in [0.717, 1.165) is 32.7 Å². The maximum Gasteiger partial charge on any atom is 0.245 e. The Bertz CT molecular complexity index is 651. The maximum atomic E-state index is 5.80. The van der Waals surface area contributed by atoms with Crippen LogP contribution in [0.15, 0.2) is 37.4 Å².